The van der Waals surface area contributed by atoms with Gasteiger partial charge in [0, 0.05) is 30.5 Å². The molecule has 1 aliphatic rings. The van der Waals surface area contributed by atoms with Gasteiger partial charge in [0.1, 0.15) is 5.82 Å². The van der Waals surface area contributed by atoms with Crippen molar-refractivity contribution in [3.63, 3.8) is 0 Å². The van der Waals surface area contributed by atoms with Gasteiger partial charge in [0.2, 0.25) is 5.91 Å². The van der Waals surface area contributed by atoms with Gasteiger partial charge in [-0.2, -0.15) is 0 Å². The molecule has 144 valence electrons. The number of pyridine rings is 1. The molecule has 1 aromatic carbocycles. The lowest BCUT2D eigenvalue weighted by Gasteiger charge is -2.21. The van der Waals surface area contributed by atoms with E-state index in [0.29, 0.717) is 23.9 Å². The molecule has 1 aliphatic heterocycles. The largest absolute Gasteiger partial charge is 0.392 e. The van der Waals surface area contributed by atoms with Crippen LogP contribution < -0.4 is 16.0 Å². The molecule has 3 rings (SSSR count). The van der Waals surface area contributed by atoms with Crippen LogP contribution in [0.15, 0.2) is 36.5 Å². The standard InChI is InChI=1S/C20H25ClN4O2/c1-13(26)10-23-16-6-2-4-14(8-16)17-9-19(24-12-18(17)21)25-20(27)15-5-3-7-22-11-15/h2,4,6,8-9,12-13,15,22-23,26H,3,5,7,10-11H2,1H3,(H,24,25,27)/t13-,15-/m1/s1. The van der Waals surface area contributed by atoms with Crippen LogP contribution in [-0.2, 0) is 4.79 Å². The van der Waals surface area contributed by atoms with Crippen LogP contribution in [0.4, 0.5) is 11.5 Å². The van der Waals surface area contributed by atoms with Crippen molar-refractivity contribution >= 4 is 29.0 Å². The van der Waals surface area contributed by atoms with E-state index in [1.165, 1.54) is 0 Å². The van der Waals surface area contributed by atoms with Gasteiger partial charge in [-0.25, -0.2) is 4.98 Å². The van der Waals surface area contributed by atoms with Crippen LogP contribution in [0, 0.1) is 5.92 Å². The zero-order valence-corrected chi connectivity index (χ0v) is 16.1. The first kappa shape index (κ1) is 19.6. The summed E-state index contributed by atoms with van der Waals surface area (Å²) in [6.07, 6.45) is 3.01. The number of amides is 1. The van der Waals surface area contributed by atoms with Gasteiger partial charge in [-0.15, -0.1) is 0 Å². The van der Waals surface area contributed by atoms with Crippen LogP contribution >= 0.6 is 11.6 Å². The number of rotatable bonds is 6. The first-order valence-corrected chi connectivity index (χ1v) is 9.60. The third-order valence-corrected chi connectivity index (χ3v) is 4.85. The Bertz CT molecular complexity index is 791. The fourth-order valence-corrected chi connectivity index (χ4v) is 3.31. The number of nitrogens with one attached hydrogen (secondary N) is 3. The third-order valence-electron chi connectivity index (χ3n) is 4.55. The molecule has 0 aliphatic carbocycles. The minimum Gasteiger partial charge on any atom is -0.392 e. The Kier molecular flexibility index (Phi) is 6.66. The highest BCUT2D eigenvalue weighted by atomic mass is 35.5. The third kappa shape index (κ3) is 5.42. The van der Waals surface area contributed by atoms with Crippen LogP contribution in [0.1, 0.15) is 19.8 Å². The van der Waals surface area contributed by atoms with E-state index in [1.807, 2.05) is 24.3 Å². The molecule has 6 nitrogen and oxygen atoms in total. The van der Waals surface area contributed by atoms with Gasteiger partial charge in [-0.1, -0.05) is 23.7 Å². The lowest BCUT2D eigenvalue weighted by Crippen LogP contribution is -2.37. The van der Waals surface area contributed by atoms with Crippen molar-refractivity contribution in [3.05, 3.63) is 41.6 Å². The summed E-state index contributed by atoms with van der Waals surface area (Å²) in [5.41, 5.74) is 2.59. The molecule has 1 aromatic heterocycles. The number of nitrogens with zero attached hydrogens (tertiary/aromatic N) is 1. The maximum absolute atomic E-state index is 12.4. The van der Waals surface area contributed by atoms with Crippen molar-refractivity contribution in [1.82, 2.24) is 10.3 Å². The maximum Gasteiger partial charge on any atom is 0.229 e. The van der Waals surface area contributed by atoms with Crippen molar-refractivity contribution < 1.29 is 9.90 Å². The van der Waals surface area contributed by atoms with Gasteiger partial charge in [-0.3, -0.25) is 4.79 Å². The van der Waals surface area contributed by atoms with Crippen LogP contribution in [-0.4, -0.2) is 41.7 Å². The summed E-state index contributed by atoms with van der Waals surface area (Å²) in [6, 6.07) is 9.55. The van der Waals surface area contributed by atoms with E-state index < -0.39 is 6.10 Å². The summed E-state index contributed by atoms with van der Waals surface area (Å²) in [5, 5.41) is 19.3. The summed E-state index contributed by atoms with van der Waals surface area (Å²) < 4.78 is 0. The fraction of sp³-hybridized carbons (Fsp3) is 0.400. The second kappa shape index (κ2) is 9.17. The number of benzene rings is 1. The molecular weight excluding hydrogens is 364 g/mol. The molecule has 1 amide bonds. The van der Waals surface area contributed by atoms with Gasteiger partial charge in [0.25, 0.3) is 0 Å². The van der Waals surface area contributed by atoms with E-state index in [9.17, 15) is 9.90 Å². The molecule has 4 N–H and O–H groups in total. The SMILES string of the molecule is C[C@@H](O)CNc1cccc(-c2cc(NC(=O)[C@@H]3CCCNC3)ncc2Cl)c1. The van der Waals surface area contributed by atoms with Crippen molar-refractivity contribution in [2.45, 2.75) is 25.9 Å². The Hall–Kier alpha value is -2.15. The van der Waals surface area contributed by atoms with E-state index in [-0.39, 0.29) is 11.8 Å². The number of carbonyl (C=O) groups is 1. The molecule has 1 saturated heterocycles. The van der Waals surface area contributed by atoms with Crippen molar-refractivity contribution in [2.75, 3.05) is 30.3 Å². The Morgan fingerprint density at radius 1 is 1.44 bits per heavy atom. The normalized spacial score (nSPS) is 18.0. The minimum atomic E-state index is -0.436. The second-order valence-corrected chi connectivity index (χ2v) is 7.30. The number of anilines is 2. The van der Waals surface area contributed by atoms with Crippen LogP contribution in [0.25, 0.3) is 11.1 Å². The second-order valence-electron chi connectivity index (χ2n) is 6.89. The number of piperidine rings is 1. The molecule has 0 bridgehead atoms. The molecular formula is C20H25ClN4O2. The Balaban J connectivity index is 1.77. The average Bonchev–Trinajstić information content (AvgIpc) is 2.68. The summed E-state index contributed by atoms with van der Waals surface area (Å²) in [6.45, 7) is 3.85. The molecule has 0 saturated carbocycles. The Morgan fingerprint density at radius 2 is 2.30 bits per heavy atom. The van der Waals surface area contributed by atoms with E-state index in [1.54, 1.807) is 19.2 Å². The fourth-order valence-electron chi connectivity index (χ4n) is 3.09. The molecule has 0 radical (unpaired) electrons. The lowest BCUT2D eigenvalue weighted by molar-refractivity contribution is -0.120. The quantitative estimate of drug-likeness (QED) is 0.610. The zero-order valence-electron chi connectivity index (χ0n) is 15.3. The van der Waals surface area contributed by atoms with E-state index in [2.05, 4.69) is 20.9 Å². The predicted molar refractivity (Wildman–Crippen MR) is 109 cm³/mol. The first-order chi connectivity index (χ1) is 13.0. The highest BCUT2D eigenvalue weighted by molar-refractivity contribution is 6.33. The van der Waals surface area contributed by atoms with E-state index in [4.69, 9.17) is 11.6 Å². The molecule has 1 fully saturated rings. The number of aliphatic hydroxyl groups excluding tert-OH is 1. The first-order valence-electron chi connectivity index (χ1n) is 9.22. The number of hydrogen-bond acceptors (Lipinski definition) is 5. The van der Waals surface area contributed by atoms with Gasteiger partial charge in [0.05, 0.1) is 17.0 Å². The molecule has 27 heavy (non-hydrogen) atoms. The average molecular weight is 389 g/mol. The van der Waals surface area contributed by atoms with Gasteiger partial charge >= 0.3 is 0 Å². The van der Waals surface area contributed by atoms with Crippen molar-refractivity contribution in [2.24, 2.45) is 5.92 Å². The van der Waals surface area contributed by atoms with Gasteiger partial charge in [-0.05, 0) is 50.1 Å². The van der Waals surface area contributed by atoms with Crippen LogP contribution in [0.3, 0.4) is 0 Å². The maximum atomic E-state index is 12.4. The Morgan fingerprint density at radius 3 is 3.04 bits per heavy atom. The number of carbonyl (C=O) groups excluding carboxylic acids is 1. The molecule has 0 spiro atoms. The molecule has 2 heterocycles. The number of hydrogen-bond donors (Lipinski definition) is 4. The van der Waals surface area contributed by atoms with Gasteiger partial charge in [0.15, 0.2) is 0 Å². The highest BCUT2D eigenvalue weighted by Crippen LogP contribution is 2.31. The lowest BCUT2D eigenvalue weighted by atomic mass is 9.99. The molecule has 7 heteroatoms. The smallest absolute Gasteiger partial charge is 0.229 e. The van der Waals surface area contributed by atoms with Crippen LogP contribution in [0.2, 0.25) is 5.02 Å². The van der Waals surface area contributed by atoms with Crippen molar-refractivity contribution in [1.29, 1.82) is 0 Å². The molecule has 2 aromatic rings. The summed E-state index contributed by atoms with van der Waals surface area (Å²) in [5.74, 6) is 0.440. The zero-order chi connectivity index (χ0) is 19.2. The van der Waals surface area contributed by atoms with E-state index in [0.717, 1.165) is 36.2 Å². The topological polar surface area (TPSA) is 86.3 Å². The predicted octanol–water partition coefficient (Wildman–Crippen LogP) is 3.13. The molecule has 0 unspecified atom stereocenters. The monoisotopic (exact) mass is 388 g/mol. The summed E-state index contributed by atoms with van der Waals surface area (Å²) >= 11 is 6.35. The number of halogens is 1. The van der Waals surface area contributed by atoms with E-state index >= 15 is 0 Å². The van der Waals surface area contributed by atoms with Gasteiger partial charge < -0.3 is 21.1 Å². The van der Waals surface area contributed by atoms with Crippen LogP contribution in [0.5, 0.6) is 0 Å². The summed E-state index contributed by atoms with van der Waals surface area (Å²) in [4.78, 5) is 16.7. The Labute approximate surface area is 164 Å². The molecule has 2 atom stereocenters. The number of aliphatic hydroxyl groups is 1. The minimum absolute atomic E-state index is 0.0182. The summed E-state index contributed by atoms with van der Waals surface area (Å²) in [7, 11) is 0. The highest BCUT2D eigenvalue weighted by Gasteiger charge is 2.21. The number of aromatic nitrogens is 1. The van der Waals surface area contributed by atoms with Crippen molar-refractivity contribution in [3.8, 4) is 11.1 Å².